The Morgan fingerprint density at radius 1 is 1.22 bits per heavy atom. The summed E-state index contributed by atoms with van der Waals surface area (Å²) in [6.07, 6.45) is 2.90. The predicted octanol–water partition coefficient (Wildman–Crippen LogP) is 3.36. The van der Waals surface area contributed by atoms with Crippen LogP contribution in [-0.2, 0) is 5.54 Å². The zero-order valence-electron chi connectivity index (χ0n) is 16.5. The van der Waals surface area contributed by atoms with E-state index in [0.717, 1.165) is 55.6 Å². The van der Waals surface area contributed by atoms with E-state index in [0.29, 0.717) is 0 Å². The first kappa shape index (κ1) is 20.0. The highest BCUT2D eigenvalue weighted by atomic mass is 35.5. The Kier molecular flexibility index (Phi) is 6.29. The van der Waals surface area contributed by atoms with Gasteiger partial charge in [-0.3, -0.25) is 9.80 Å². The van der Waals surface area contributed by atoms with Crippen molar-refractivity contribution in [2.45, 2.75) is 38.8 Å². The van der Waals surface area contributed by atoms with E-state index in [-0.39, 0.29) is 11.6 Å². The quantitative estimate of drug-likeness (QED) is 0.680. The van der Waals surface area contributed by atoms with Gasteiger partial charge < -0.3 is 0 Å². The number of piperazine rings is 1. The maximum absolute atomic E-state index is 6.61. The van der Waals surface area contributed by atoms with Gasteiger partial charge in [-0.15, -0.1) is 11.7 Å². The van der Waals surface area contributed by atoms with Crippen molar-refractivity contribution in [2.75, 3.05) is 32.7 Å². The van der Waals surface area contributed by atoms with Crippen molar-refractivity contribution >= 4 is 11.6 Å². The highest BCUT2D eigenvalue weighted by Crippen LogP contribution is 2.34. The average molecular weight is 389 g/mol. The molecule has 6 nitrogen and oxygen atoms in total. The van der Waals surface area contributed by atoms with Crippen molar-refractivity contribution in [2.24, 2.45) is 0 Å². The van der Waals surface area contributed by atoms with E-state index in [1.807, 2.05) is 29.0 Å². The Labute approximate surface area is 166 Å². The molecule has 0 spiro atoms. The minimum atomic E-state index is -0.164. The number of tetrazole rings is 1. The molecular weight excluding hydrogens is 360 g/mol. The van der Waals surface area contributed by atoms with Crippen molar-refractivity contribution < 1.29 is 0 Å². The van der Waals surface area contributed by atoms with Gasteiger partial charge in [0.15, 0.2) is 5.82 Å². The van der Waals surface area contributed by atoms with Crippen LogP contribution in [0.1, 0.15) is 44.6 Å². The van der Waals surface area contributed by atoms with Gasteiger partial charge in [0.05, 0.1) is 11.6 Å². The number of aromatic nitrogens is 4. The highest BCUT2D eigenvalue weighted by Gasteiger charge is 2.34. The number of halogens is 1. The molecule has 1 saturated heterocycles. The first-order valence-corrected chi connectivity index (χ1v) is 9.96. The molecule has 1 atom stereocenters. The Bertz CT molecular complexity index is 763. The lowest BCUT2D eigenvalue weighted by atomic mass is 9.99. The molecular formula is C20H29ClN6. The first-order valence-electron chi connectivity index (χ1n) is 9.58. The zero-order valence-corrected chi connectivity index (χ0v) is 17.2. The molecule has 1 aromatic heterocycles. The van der Waals surface area contributed by atoms with Crippen LogP contribution in [0.15, 0.2) is 36.9 Å². The fourth-order valence-electron chi connectivity index (χ4n) is 3.53. The highest BCUT2D eigenvalue weighted by molar-refractivity contribution is 6.31. The fourth-order valence-corrected chi connectivity index (χ4v) is 3.77. The Morgan fingerprint density at radius 3 is 2.56 bits per heavy atom. The lowest BCUT2D eigenvalue weighted by molar-refractivity contribution is 0.109. The van der Waals surface area contributed by atoms with Gasteiger partial charge in [-0.05, 0) is 42.3 Å². The standard InChI is InChI=1S/C20H29ClN6/c1-5-11-25-12-14-26(15-13-25)18(16-9-7-8-10-17(16)21)19-22-23-24-27(19)20(3,4)6-2/h5,7-10,18H,1,6,11-15H2,2-4H3. The summed E-state index contributed by atoms with van der Waals surface area (Å²) in [5.41, 5.74) is 0.891. The summed E-state index contributed by atoms with van der Waals surface area (Å²) in [4.78, 5) is 4.85. The summed E-state index contributed by atoms with van der Waals surface area (Å²) in [6.45, 7) is 15.1. The van der Waals surface area contributed by atoms with Crippen LogP contribution in [0.4, 0.5) is 0 Å². The molecule has 3 rings (SSSR count). The summed E-state index contributed by atoms with van der Waals surface area (Å²) in [6, 6.07) is 7.95. The number of hydrogen-bond acceptors (Lipinski definition) is 5. The number of benzene rings is 1. The fraction of sp³-hybridized carbons (Fsp3) is 0.550. The third-order valence-corrected chi connectivity index (χ3v) is 5.88. The van der Waals surface area contributed by atoms with E-state index in [1.165, 1.54) is 0 Å². The van der Waals surface area contributed by atoms with Gasteiger partial charge in [-0.25, -0.2) is 4.68 Å². The number of hydrogen-bond donors (Lipinski definition) is 0. The first-order chi connectivity index (χ1) is 13.0. The zero-order chi connectivity index (χ0) is 19.4. The van der Waals surface area contributed by atoms with Crippen LogP contribution in [0, 0.1) is 0 Å². The molecule has 1 aliphatic heterocycles. The lowest BCUT2D eigenvalue weighted by Crippen LogP contribution is -2.48. The molecule has 2 aromatic rings. The molecule has 146 valence electrons. The number of nitrogens with zero attached hydrogens (tertiary/aromatic N) is 6. The van der Waals surface area contributed by atoms with Crippen LogP contribution in [0.25, 0.3) is 0 Å². The van der Waals surface area contributed by atoms with Crippen molar-refractivity contribution in [3.05, 3.63) is 53.3 Å². The van der Waals surface area contributed by atoms with Gasteiger partial charge in [0.1, 0.15) is 0 Å². The maximum atomic E-state index is 6.61. The van der Waals surface area contributed by atoms with Gasteiger partial charge >= 0.3 is 0 Å². The summed E-state index contributed by atoms with van der Waals surface area (Å²) >= 11 is 6.61. The van der Waals surface area contributed by atoms with E-state index in [9.17, 15) is 0 Å². The third-order valence-electron chi connectivity index (χ3n) is 5.54. The van der Waals surface area contributed by atoms with Crippen LogP contribution in [0.2, 0.25) is 5.02 Å². The second kappa shape index (κ2) is 8.50. The molecule has 27 heavy (non-hydrogen) atoms. The maximum Gasteiger partial charge on any atom is 0.173 e. The van der Waals surface area contributed by atoms with Crippen LogP contribution in [-0.4, -0.2) is 62.7 Å². The second-order valence-electron chi connectivity index (χ2n) is 7.66. The van der Waals surface area contributed by atoms with Gasteiger partial charge in [0, 0.05) is 37.7 Å². The number of rotatable bonds is 7. The molecule has 0 aliphatic carbocycles. The van der Waals surface area contributed by atoms with E-state index in [1.54, 1.807) is 0 Å². The average Bonchev–Trinajstić information content (AvgIpc) is 3.15. The Hall–Kier alpha value is -1.76. The lowest BCUT2D eigenvalue weighted by Gasteiger charge is -2.39. The van der Waals surface area contributed by atoms with Crippen LogP contribution in [0.5, 0.6) is 0 Å². The molecule has 0 radical (unpaired) electrons. The predicted molar refractivity (Wildman–Crippen MR) is 109 cm³/mol. The van der Waals surface area contributed by atoms with E-state index in [2.05, 4.69) is 58.7 Å². The largest absolute Gasteiger partial charge is 0.297 e. The SMILES string of the molecule is C=CCN1CCN(C(c2ccccc2Cl)c2nnnn2C(C)(C)CC)CC1. The Balaban J connectivity index is 1.99. The monoisotopic (exact) mass is 388 g/mol. The molecule has 0 amide bonds. The van der Waals surface area contributed by atoms with Crippen LogP contribution in [0.3, 0.4) is 0 Å². The van der Waals surface area contributed by atoms with Gasteiger partial charge in [0.25, 0.3) is 0 Å². The summed E-state index contributed by atoms with van der Waals surface area (Å²) in [5, 5.41) is 13.6. The topological polar surface area (TPSA) is 50.1 Å². The van der Waals surface area contributed by atoms with E-state index < -0.39 is 0 Å². The van der Waals surface area contributed by atoms with Crippen molar-refractivity contribution in [3.63, 3.8) is 0 Å². The third kappa shape index (κ3) is 4.23. The normalized spacial score (nSPS) is 17.8. The van der Waals surface area contributed by atoms with E-state index >= 15 is 0 Å². The Morgan fingerprint density at radius 2 is 1.93 bits per heavy atom. The second-order valence-corrected chi connectivity index (χ2v) is 8.07. The molecule has 0 bridgehead atoms. The van der Waals surface area contributed by atoms with Gasteiger partial charge in [-0.2, -0.15) is 0 Å². The van der Waals surface area contributed by atoms with Crippen molar-refractivity contribution in [3.8, 4) is 0 Å². The van der Waals surface area contributed by atoms with Crippen molar-refractivity contribution in [1.82, 2.24) is 30.0 Å². The molecule has 1 fully saturated rings. The smallest absolute Gasteiger partial charge is 0.173 e. The minimum absolute atomic E-state index is 0.0644. The summed E-state index contributed by atoms with van der Waals surface area (Å²) in [7, 11) is 0. The molecule has 7 heteroatoms. The molecule has 0 N–H and O–H groups in total. The molecule has 0 saturated carbocycles. The van der Waals surface area contributed by atoms with E-state index in [4.69, 9.17) is 11.6 Å². The molecule has 1 aliphatic rings. The van der Waals surface area contributed by atoms with Crippen molar-refractivity contribution in [1.29, 1.82) is 0 Å². The molecule has 1 aromatic carbocycles. The minimum Gasteiger partial charge on any atom is -0.297 e. The molecule has 1 unspecified atom stereocenters. The summed E-state index contributed by atoms with van der Waals surface area (Å²) < 4.78 is 1.97. The van der Waals surface area contributed by atoms with Crippen LogP contribution < -0.4 is 0 Å². The summed E-state index contributed by atoms with van der Waals surface area (Å²) in [5.74, 6) is 0.854. The molecule has 2 heterocycles. The van der Waals surface area contributed by atoms with Crippen LogP contribution >= 0.6 is 11.6 Å². The van der Waals surface area contributed by atoms with Gasteiger partial charge in [0.2, 0.25) is 0 Å². The van der Waals surface area contributed by atoms with Gasteiger partial charge in [-0.1, -0.05) is 42.8 Å².